The van der Waals surface area contributed by atoms with Crippen molar-refractivity contribution in [3.63, 3.8) is 0 Å². The van der Waals surface area contributed by atoms with E-state index in [-0.39, 0.29) is 5.91 Å². The summed E-state index contributed by atoms with van der Waals surface area (Å²) < 4.78 is 0. The molecule has 94 valence electrons. The van der Waals surface area contributed by atoms with Gasteiger partial charge in [0.2, 0.25) is 0 Å². The zero-order valence-corrected chi connectivity index (χ0v) is 11.1. The molecule has 17 heavy (non-hydrogen) atoms. The first-order chi connectivity index (χ1) is 8.11. The Morgan fingerprint density at radius 1 is 1.65 bits per heavy atom. The molecule has 0 atom stereocenters. The van der Waals surface area contributed by atoms with Crippen LogP contribution in [0.4, 0.5) is 10.7 Å². The molecule has 0 aromatic carbocycles. The van der Waals surface area contributed by atoms with Crippen LogP contribution in [0.5, 0.6) is 0 Å². The van der Waals surface area contributed by atoms with E-state index in [9.17, 15) is 4.79 Å². The van der Waals surface area contributed by atoms with Gasteiger partial charge in [0.1, 0.15) is 4.88 Å². The molecule has 0 radical (unpaired) electrons. The van der Waals surface area contributed by atoms with Crippen LogP contribution in [0.25, 0.3) is 0 Å². The summed E-state index contributed by atoms with van der Waals surface area (Å²) >= 11 is 1.47. The quantitative estimate of drug-likeness (QED) is 0.862. The average Bonchev–Trinajstić information content (AvgIpc) is 2.64. The maximum absolute atomic E-state index is 11.6. The van der Waals surface area contributed by atoms with E-state index in [1.165, 1.54) is 30.6 Å². The lowest BCUT2D eigenvalue weighted by Crippen LogP contribution is -2.28. The van der Waals surface area contributed by atoms with E-state index in [0.717, 1.165) is 17.5 Å². The van der Waals surface area contributed by atoms with Crippen molar-refractivity contribution in [1.82, 2.24) is 5.32 Å². The van der Waals surface area contributed by atoms with Gasteiger partial charge in [-0.25, -0.2) is 0 Å². The monoisotopic (exact) mass is 253 g/mol. The molecule has 1 aliphatic carbocycles. The fourth-order valence-corrected chi connectivity index (χ4v) is 3.02. The number of nitrogen functional groups attached to an aromatic ring is 1. The van der Waals surface area contributed by atoms with E-state index in [1.807, 2.05) is 6.07 Å². The third-order valence-electron chi connectivity index (χ3n) is 3.31. The smallest absolute Gasteiger partial charge is 0.263 e. The zero-order chi connectivity index (χ0) is 12.4. The highest BCUT2D eigenvalue weighted by Crippen LogP contribution is 2.34. The van der Waals surface area contributed by atoms with Crippen LogP contribution >= 0.6 is 11.3 Å². The van der Waals surface area contributed by atoms with E-state index >= 15 is 0 Å². The third kappa shape index (κ3) is 2.54. The van der Waals surface area contributed by atoms with Gasteiger partial charge < -0.3 is 16.0 Å². The Balaban J connectivity index is 2.07. The summed E-state index contributed by atoms with van der Waals surface area (Å²) in [6.45, 7) is 1.06. The Morgan fingerprint density at radius 3 is 2.88 bits per heavy atom. The van der Waals surface area contributed by atoms with Crippen molar-refractivity contribution >= 4 is 27.9 Å². The van der Waals surface area contributed by atoms with Gasteiger partial charge in [0, 0.05) is 20.6 Å². The van der Waals surface area contributed by atoms with E-state index < -0.39 is 0 Å². The Labute approximate surface area is 106 Å². The van der Waals surface area contributed by atoms with Gasteiger partial charge >= 0.3 is 0 Å². The zero-order valence-electron chi connectivity index (χ0n) is 10.3. The summed E-state index contributed by atoms with van der Waals surface area (Å²) in [5.41, 5.74) is 6.43. The number of thiophene rings is 1. The number of hydrogen-bond acceptors (Lipinski definition) is 4. The summed E-state index contributed by atoms with van der Waals surface area (Å²) in [5, 5.41) is 3.69. The Hall–Kier alpha value is -1.23. The molecule has 0 aliphatic heterocycles. The van der Waals surface area contributed by atoms with Crippen molar-refractivity contribution < 1.29 is 4.79 Å². The Bertz CT molecular complexity index is 412. The molecule has 1 aromatic heterocycles. The molecule has 2 rings (SSSR count). The molecule has 1 saturated carbocycles. The van der Waals surface area contributed by atoms with Gasteiger partial charge in [0.15, 0.2) is 0 Å². The molecule has 5 heteroatoms. The highest BCUT2D eigenvalue weighted by Gasteiger charge is 2.21. The second-order valence-electron chi connectivity index (χ2n) is 4.63. The van der Waals surface area contributed by atoms with Crippen LogP contribution in [-0.2, 0) is 0 Å². The largest absolute Gasteiger partial charge is 0.397 e. The van der Waals surface area contributed by atoms with Gasteiger partial charge in [-0.3, -0.25) is 4.79 Å². The van der Waals surface area contributed by atoms with E-state index in [4.69, 9.17) is 5.73 Å². The van der Waals surface area contributed by atoms with Gasteiger partial charge in [-0.2, -0.15) is 0 Å². The molecule has 4 nitrogen and oxygen atoms in total. The van der Waals surface area contributed by atoms with E-state index in [2.05, 4.69) is 17.3 Å². The summed E-state index contributed by atoms with van der Waals surface area (Å²) in [5.74, 6) is 0.711. The SMILES string of the molecule is CNC(=O)c1sc(N(C)CC2CCC2)cc1N. The number of nitrogens with zero attached hydrogens (tertiary/aromatic N) is 1. The number of anilines is 2. The fraction of sp³-hybridized carbons (Fsp3) is 0.583. The predicted molar refractivity (Wildman–Crippen MR) is 72.7 cm³/mol. The second kappa shape index (κ2) is 4.96. The van der Waals surface area contributed by atoms with Gasteiger partial charge in [-0.15, -0.1) is 11.3 Å². The minimum atomic E-state index is -0.101. The number of carbonyl (C=O) groups excluding carboxylic acids is 1. The number of carbonyl (C=O) groups is 1. The van der Waals surface area contributed by atoms with E-state index in [0.29, 0.717) is 10.6 Å². The number of nitrogens with one attached hydrogen (secondary N) is 1. The number of hydrogen-bond donors (Lipinski definition) is 2. The van der Waals surface area contributed by atoms with Gasteiger partial charge in [-0.05, 0) is 24.8 Å². The second-order valence-corrected chi connectivity index (χ2v) is 5.66. The summed E-state index contributed by atoms with van der Waals surface area (Å²) in [6.07, 6.45) is 4.01. The highest BCUT2D eigenvalue weighted by molar-refractivity contribution is 7.18. The van der Waals surface area contributed by atoms with Crippen LogP contribution in [0.3, 0.4) is 0 Å². The lowest BCUT2D eigenvalue weighted by atomic mass is 9.85. The number of nitrogens with two attached hydrogens (primary N) is 1. The molecule has 0 unspecified atom stereocenters. The highest BCUT2D eigenvalue weighted by atomic mass is 32.1. The molecule has 1 aliphatic rings. The van der Waals surface area contributed by atoms with Crippen LogP contribution in [0.15, 0.2) is 6.07 Å². The van der Waals surface area contributed by atoms with Crippen molar-refractivity contribution in [2.24, 2.45) is 5.92 Å². The molecule has 1 amide bonds. The number of amides is 1. The van der Waals surface area contributed by atoms with Crippen molar-refractivity contribution in [2.75, 3.05) is 31.3 Å². The molecule has 1 aromatic rings. The summed E-state index contributed by atoms with van der Waals surface area (Å²) in [4.78, 5) is 14.4. The first-order valence-electron chi connectivity index (χ1n) is 5.94. The van der Waals surface area contributed by atoms with Crippen LogP contribution in [0.1, 0.15) is 28.9 Å². The lowest BCUT2D eigenvalue weighted by Gasteiger charge is -2.30. The van der Waals surface area contributed by atoms with Gasteiger partial charge in [0.25, 0.3) is 5.91 Å². The minimum Gasteiger partial charge on any atom is -0.397 e. The Kier molecular flexibility index (Phi) is 3.57. The van der Waals surface area contributed by atoms with Crippen molar-refractivity contribution in [3.8, 4) is 0 Å². The Morgan fingerprint density at radius 2 is 2.35 bits per heavy atom. The van der Waals surface area contributed by atoms with Crippen LogP contribution in [-0.4, -0.2) is 26.5 Å². The predicted octanol–water partition coefficient (Wildman–Crippen LogP) is 1.93. The minimum absolute atomic E-state index is 0.101. The van der Waals surface area contributed by atoms with Crippen molar-refractivity contribution in [2.45, 2.75) is 19.3 Å². The number of rotatable bonds is 4. The lowest BCUT2D eigenvalue weighted by molar-refractivity contribution is 0.0968. The molecule has 1 heterocycles. The standard InChI is InChI=1S/C12H19N3OS/c1-14-12(16)11-9(13)6-10(17-11)15(2)7-8-4-3-5-8/h6,8H,3-5,7,13H2,1-2H3,(H,14,16). The van der Waals surface area contributed by atoms with Gasteiger partial charge in [0.05, 0.1) is 10.7 Å². The molecular formula is C12H19N3OS. The van der Waals surface area contributed by atoms with Crippen molar-refractivity contribution in [3.05, 3.63) is 10.9 Å². The van der Waals surface area contributed by atoms with Crippen LogP contribution in [0, 0.1) is 5.92 Å². The first-order valence-corrected chi connectivity index (χ1v) is 6.76. The molecule has 0 saturated heterocycles. The van der Waals surface area contributed by atoms with Crippen LogP contribution in [0.2, 0.25) is 0 Å². The molecule has 3 N–H and O–H groups in total. The van der Waals surface area contributed by atoms with E-state index in [1.54, 1.807) is 7.05 Å². The molecule has 0 bridgehead atoms. The molecular weight excluding hydrogens is 234 g/mol. The molecule has 1 fully saturated rings. The third-order valence-corrected chi connectivity index (χ3v) is 4.58. The maximum Gasteiger partial charge on any atom is 0.263 e. The average molecular weight is 253 g/mol. The normalized spacial score (nSPS) is 15.4. The first kappa shape index (κ1) is 12.2. The molecule has 0 spiro atoms. The van der Waals surface area contributed by atoms with Gasteiger partial charge in [-0.1, -0.05) is 6.42 Å². The summed E-state index contributed by atoms with van der Waals surface area (Å²) in [7, 11) is 3.69. The maximum atomic E-state index is 11.6. The van der Waals surface area contributed by atoms with Crippen LogP contribution < -0.4 is 16.0 Å². The summed E-state index contributed by atoms with van der Waals surface area (Å²) in [6, 6.07) is 1.90. The topological polar surface area (TPSA) is 58.4 Å². The fourth-order valence-electron chi connectivity index (χ4n) is 2.02. The van der Waals surface area contributed by atoms with Crippen molar-refractivity contribution in [1.29, 1.82) is 0 Å².